The SMILES string of the molecule is Cc1cc(N2CC(CN)COC2=O)ccc1Br. The summed E-state index contributed by atoms with van der Waals surface area (Å²) in [6, 6.07) is 5.80. The molecule has 5 heteroatoms. The fraction of sp³-hybridized carbons (Fsp3) is 0.417. The summed E-state index contributed by atoms with van der Waals surface area (Å²) in [5.41, 5.74) is 7.56. The van der Waals surface area contributed by atoms with Gasteiger partial charge in [0, 0.05) is 29.2 Å². The van der Waals surface area contributed by atoms with Crippen molar-refractivity contribution in [1.29, 1.82) is 0 Å². The third-order valence-corrected chi connectivity index (χ3v) is 3.78. The predicted octanol–water partition coefficient (Wildman–Crippen LogP) is 2.29. The molecular weight excluding hydrogens is 284 g/mol. The fourth-order valence-electron chi connectivity index (χ4n) is 1.80. The van der Waals surface area contributed by atoms with Crippen molar-refractivity contribution in [3.8, 4) is 0 Å². The first-order valence-corrected chi connectivity index (χ1v) is 6.31. The summed E-state index contributed by atoms with van der Waals surface area (Å²) < 4.78 is 6.14. The lowest BCUT2D eigenvalue weighted by atomic mass is 10.1. The minimum atomic E-state index is -0.295. The van der Waals surface area contributed by atoms with Crippen LogP contribution in [0.15, 0.2) is 22.7 Å². The molecule has 1 saturated heterocycles. The van der Waals surface area contributed by atoms with Crippen LogP contribution in [0.2, 0.25) is 0 Å². The number of hydrogen-bond donors (Lipinski definition) is 1. The van der Waals surface area contributed by atoms with Gasteiger partial charge in [0.1, 0.15) is 0 Å². The molecule has 4 nitrogen and oxygen atoms in total. The molecule has 0 radical (unpaired) electrons. The molecule has 0 aliphatic carbocycles. The van der Waals surface area contributed by atoms with Crippen LogP contribution in [0.5, 0.6) is 0 Å². The molecule has 0 aromatic heterocycles. The topological polar surface area (TPSA) is 55.6 Å². The summed E-state index contributed by atoms with van der Waals surface area (Å²) in [6.07, 6.45) is -0.295. The number of ether oxygens (including phenoxy) is 1. The average Bonchev–Trinajstić information content (AvgIpc) is 2.33. The van der Waals surface area contributed by atoms with Gasteiger partial charge in [0.05, 0.1) is 6.61 Å². The highest BCUT2D eigenvalue weighted by molar-refractivity contribution is 9.10. The van der Waals surface area contributed by atoms with Crippen LogP contribution in [0.1, 0.15) is 5.56 Å². The smallest absolute Gasteiger partial charge is 0.414 e. The Bertz CT molecular complexity index is 437. The molecule has 2 N–H and O–H groups in total. The number of carbonyl (C=O) groups excluding carboxylic acids is 1. The number of aryl methyl sites for hydroxylation is 1. The second kappa shape index (κ2) is 5.06. The number of nitrogens with two attached hydrogens (primary N) is 1. The normalized spacial score (nSPS) is 20.3. The molecule has 1 aliphatic rings. The monoisotopic (exact) mass is 298 g/mol. The average molecular weight is 299 g/mol. The summed E-state index contributed by atoms with van der Waals surface area (Å²) in [6.45, 7) is 3.56. The fourth-order valence-corrected chi connectivity index (χ4v) is 2.05. The van der Waals surface area contributed by atoms with E-state index in [1.165, 1.54) is 0 Å². The maximum absolute atomic E-state index is 11.7. The van der Waals surface area contributed by atoms with Gasteiger partial charge in [-0.2, -0.15) is 0 Å². The lowest BCUT2D eigenvalue weighted by molar-refractivity contribution is 0.117. The maximum Gasteiger partial charge on any atom is 0.414 e. The molecule has 1 aromatic rings. The number of anilines is 1. The highest BCUT2D eigenvalue weighted by Crippen LogP contribution is 2.25. The molecule has 0 saturated carbocycles. The van der Waals surface area contributed by atoms with Crippen molar-refractivity contribution in [2.75, 3.05) is 24.6 Å². The minimum Gasteiger partial charge on any atom is -0.449 e. The van der Waals surface area contributed by atoms with Gasteiger partial charge in [-0.3, -0.25) is 4.90 Å². The quantitative estimate of drug-likeness (QED) is 0.911. The Morgan fingerprint density at radius 1 is 1.59 bits per heavy atom. The van der Waals surface area contributed by atoms with Gasteiger partial charge in [-0.25, -0.2) is 4.79 Å². The zero-order valence-corrected chi connectivity index (χ0v) is 11.2. The van der Waals surface area contributed by atoms with Gasteiger partial charge >= 0.3 is 6.09 Å². The van der Waals surface area contributed by atoms with Gasteiger partial charge in [-0.05, 0) is 30.7 Å². The highest BCUT2D eigenvalue weighted by atomic mass is 79.9. The molecule has 17 heavy (non-hydrogen) atoms. The molecule has 1 heterocycles. The maximum atomic E-state index is 11.7. The largest absolute Gasteiger partial charge is 0.449 e. The summed E-state index contributed by atoms with van der Waals surface area (Å²) in [4.78, 5) is 13.3. The standard InChI is InChI=1S/C12H15BrN2O2/c1-8-4-10(2-3-11(8)13)15-6-9(5-14)7-17-12(15)16/h2-4,9H,5-7,14H2,1H3. The molecule has 92 valence electrons. The number of hydrogen-bond acceptors (Lipinski definition) is 3. The molecule has 1 fully saturated rings. The lowest BCUT2D eigenvalue weighted by Gasteiger charge is -2.31. The second-order valence-electron chi connectivity index (χ2n) is 4.22. The number of nitrogens with zero attached hydrogens (tertiary/aromatic N) is 1. The molecule has 1 amide bonds. The third kappa shape index (κ3) is 2.61. The van der Waals surface area contributed by atoms with Crippen LogP contribution < -0.4 is 10.6 Å². The second-order valence-corrected chi connectivity index (χ2v) is 5.08. The van der Waals surface area contributed by atoms with Crippen LogP contribution in [-0.2, 0) is 4.74 Å². The number of halogens is 1. The van der Waals surface area contributed by atoms with Crippen molar-refractivity contribution in [1.82, 2.24) is 0 Å². The van der Waals surface area contributed by atoms with E-state index in [1.807, 2.05) is 25.1 Å². The highest BCUT2D eigenvalue weighted by Gasteiger charge is 2.27. The van der Waals surface area contributed by atoms with Crippen LogP contribution in [0.4, 0.5) is 10.5 Å². The Hall–Kier alpha value is -1.07. The lowest BCUT2D eigenvalue weighted by Crippen LogP contribution is -2.45. The number of cyclic esters (lactones) is 1. The van der Waals surface area contributed by atoms with Crippen LogP contribution in [0, 0.1) is 12.8 Å². The third-order valence-electron chi connectivity index (χ3n) is 2.89. The van der Waals surface area contributed by atoms with E-state index in [4.69, 9.17) is 10.5 Å². The Labute approximate surface area is 109 Å². The van der Waals surface area contributed by atoms with Gasteiger partial charge in [-0.15, -0.1) is 0 Å². The molecule has 1 atom stereocenters. The Morgan fingerprint density at radius 2 is 2.35 bits per heavy atom. The molecule has 1 aromatic carbocycles. The Morgan fingerprint density at radius 3 is 3.00 bits per heavy atom. The summed E-state index contributed by atoms with van der Waals surface area (Å²) >= 11 is 3.44. The number of amides is 1. The molecule has 0 bridgehead atoms. The zero-order chi connectivity index (χ0) is 12.4. The van der Waals surface area contributed by atoms with E-state index in [0.29, 0.717) is 19.7 Å². The van der Waals surface area contributed by atoms with Gasteiger partial charge in [-0.1, -0.05) is 15.9 Å². The van der Waals surface area contributed by atoms with E-state index in [2.05, 4.69) is 15.9 Å². The molecule has 2 rings (SSSR count). The molecule has 1 aliphatic heterocycles. The van der Waals surface area contributed by atoms with E-state index in [9.17, 15) is 4.79 Å². The number of rotatable bonds is 2. The Kier molecular flexibility index (Phi) is 3.69. The minimum absolute atomic E-state index is 0.205. The summed E-state index contributed by atoms with van der Waals surface area (Å²) in [7, 11) is 0. The molecule has 0 spiro atoms. The van der Waals surface area contributed by atoms with Crippen molar-refractivity contribution in [2.24, 2.45) is 11.7 Å². The first-order valence-electron chi connectivity index (χ1n) is 5.52. The predicted molar refractivity (Wildman–Crippen MR) is 70.1 cm³/mol. The van der Waals surface area contributed by atoms with E-state index in [1.54, 1.807) is 4.90 Å². The van der Waals surface area contributed by atoms with E-state index >= 15 is 0 Å². The number of carbonyl (C=O) groups is 1. The first kappa shape index (κ1) is 12.4. The van der Waals surface area contributed by atoms with Crippen molar-refractivity contribution in [2.45, 2.75) is 6.92 Å². The molecular formula is C12H15BrN2O2. The van der Waals surface area contributed by atoms with Crippen molar-refractivity contribution in [3.63, 3.8) is 0 Å². The van der Waals surface area contributed by atoms with Gasteiger partial charge in [0.25, 0.3) is 0 Å². The first-order chi connectivity index (χ1) is 8.11. The summed E-state index contributed by atoms with van der Waals surface area (Å²) in [5, 5.41) is 0. The van der Waals surface area contributed by atoms with E-state index < -0.39 is 0 Å². The van der Waals surface area contributed by atoms with Crippen LogP contribution in [0.25, 0.3) is 0 Å². The van der Waals surface area contributed by atoms with Crippen molar-refractivity contribution < 1.29 is 9.53 Å². The van der Waals surface area contributed by atoms with Gasteiger partial charge < -0.3 is 10.5 Å². The van der Waals surface area contributed by atoms with Crippen LogP contribution in [-0.4, -0.2) is 25.8 Å². The molecule has 1 unspecified atom stereocenters. The zero-order valence-electron chi connectivity index (χ0n) is 9.65. The number of benzene rings is 1. The van der Waals surface area contributed by atoms with Gasteiger partial charge in [0.15, 0.2) is 0 Å². The van der Waals surface area contributed by atoms with Gasteiger partial charge in [0.2, 0.25) is 0 Å². The van der Waals surface area contributed by atoms with Crippen molar-refractivity contribution in [3.05, 3.63) is 28.2 Å². The van der Waals surface area contributed by atoms with E-state index in [-0.39, 0.29) is 12.0 Å². The Balaban J connectivity index is 2.24. The van der Waals surface area contributed by atoms with Crippen LogP contribution in [0.3, 0.4) is 0 Å². The van der Waals surface area contributed by atoms with E-state index in [0.717, 1.165) is 15.7 Å². The van der Waals surface area contributed by atoms with Crippen molar-refractivity contribution >= 4 is 27.7 Å². The van der Waals surface area contributed by atoms with Crippen LogP contribution >= 0.6 is 15.9 Å². The summed E-state index contributed by atoms with van der Waals surface area (Å²) in [5.74, 6) is 0.205.